The van der Waals surface area contributed by atoms with Crippen molar-refractivity contribution in [3.8, 4) is 17.2 Å². The fraction of sp³-hybridized carbons (Fsp3) is 0.625. The molecule has 2 saturated carbocycles. The highest BCUT2D eigenvalue weighted by molar-refractivity contribution is 5.59. The van der Waals surface area contributed by atoms with Gasteiger partial charge in [-0.3, -0.25) is 0 Å². The molecule has 2 atom stereocenters. The zero-order valence-corrected chi connectivity index (χ0v) is 12.3. The van der Waals surface area contributed by atoms with E-state index in [0.29, 0.717) is 29.1 Å². The lowest BCUT2D eigenvalue weighted by Crippen LogP contribution is -2.13. The van der Waals surface area contributed by atoms with Crippen molar-refractivity contribution in [1.82, 2.24) is 0 Å². The van der Waals surface area contributed by atoms with Gasteiger partial charge in [0.1, 0.15) is 0 Å². The minimum atomic E-state index is -0.749. The van der Waals surface area contributed by atoms with Crippen molar-refractivity contribution in [3.05, 3.63) is 17.7 Å². The molecule has 4 nitrogen and oxygen atoms in total. The zero-order valence-electron chi connectivity index (χ0n) is 12.3. The summed E-state index contributed by atoms with van der Waals surface area (Å²) >= 11 is 0. The Bertz CT molecular complexity index is 499. The van der Waals surface area contributed by atoms with E-state index in [1.807, 2.05) is 12.1 Å². The molecule has 1 aromatic carbocycles. The molecule has 4 heteroatoms. The Kier molecular flexibility index (Phi) is 3.28. The molecule has 2 aliphatic carbocycles. The average molecular weight is 278 g/mol. The molecule has 0 radical (unpaired) electrons. The minimum Gasteiger partial charge on any atom is -0.493 e. The first-order chi connectivity index (χ1) is 9.68. The van der Waals surface area contributed by atoms with Crippen molar-refractivity contribution in [3.63, 3.8) is 0 Å². The predicted octanol–water partition coefficient (Wildman–Crippen LogP) is 2.72. The maximum atomic E-state index is 11.1. The predicted molar refractivity (Wildman–Crippen MR) is 75.4 cm³/mol. The normalized spacial score (nSPS) is 31.4. The van der Waals surface area contributed by atoms with Crippen LogP contribution in [0.25, 0.3) is 0 Å². The molecule has 0 aromatic heterocycles. The van der Waals surface area contributed by atoms with E-state index in [2.05, 4.69) is 0 Å². The number of aliphatic hydroxyl groups is 1. The van der Waals surface area contributed by atoms with Crippen LogP contribution in [0, 0.1) is 11.8 Å². The molecule has 0 spiro atoms. The molecule has 0 amide bonds. The topological polar surface area (TPSA) is 47.9 Å². The van der Waals surface area contributed by atoms with Gasteiger partial charge in [0.2, 0.25) is 5.75 Å². The van der Waals surface area contributed by atoms with E-state index in [0.717, 1.165) is 18.4 Å². The first-order valence-electron chi connectivity index (χ1n) is 7.20. The Labute approximate surface area is 119 Å². The molecule has 0 aliphatic heterocycles. The van der Waals surface area contributed by atoms with Gasteiger partial charge in [-0.05, 0) is 36.8 Å². The van der Waals surface area contributed by atoms with Crippen LogP contribution in [-0.4, -0.2) is 26.4 Å². The summed E-state index contributed by atoms with van der Waals surface area (Å²) in [6, 6.07) is 3.76. The van der Waals surface area contributed by atoms with Crippen molar-refractivity contribution in [2.75, 3.05) is 21.3 Å². The standard InChI is InChI=1S/C16H22O4/c1-18-13-9-8-12(14(19-2)15(13)20-3)16(17)10-6-4-5-7-11(10)16/h8-11,17H,4-7H2,1-3H3. The van der Waals surface area contributed by atoms with Crippen LogP contribution in [0.4, 0.5) is 0 Å². The largest absolute Gasteiger partial charge is 0.493 e. The number of ether oxygens (including phenoxy) is 3. The third-order valence-corrected chi connectivity index (χ3v) is 4.92. The van der Waals surface area contributed by atoms with Gasteiger partial charge in [-0.2, -0.15) is 0 Å². The van der Waals surface area contributed by atoms with Gasteiger partial charge in [0.05, 0.1) is 26.9 Å². The molecular weight excluding hydrogens is 256 g/mol. The monoisotopic (exact) mass is 278 g/mol. The molecule has 20 heavy (non-hydrogen) atoms. The zero-order chi connectivity index (χ0) is 14.3. The second kappa shape index (κ2) is 4.85. The highest BCUT2D eigenvalue weighted by atomic mass is 16.5. The van der Waals surface area contributed by atoms with Crippen molar-refractivity contribution >= 4 is 0 Å². The van der Waals surface area contributed by atoms with E-state index < -0.39 is 5.60 Å². The number of methoxy groups -OCH3 is 3. The Balaban J connectivity index is 2.06. The maximum Gasteiger partial charge on any atom is 0.203 e. The van der Waals surface area contributed by atoms with Crippen LogP contribution >= 0.6 is 0 Å². The first kappa shape index (κ1) is 13.6. The van der Waals surface area contributed by atoms with Gasteiger partial charge in [-0.15, -0.1) is 0 Å². The van der Waals surface area contributed by atoms with Gasteiger partial charge < -0.3 is 19.3 Å². The summed E-state index contributed by atoms with van der Waals surface area (Å²) in [6.45, 7) is 0. The number of fused-ring (bicyclic) bond motifs is 1. The molecule has 2 aliphatic rings. The summed E-state index contributed by atoms with van der Waals surface area (Å²) in [7, 11) is 4.80. The Morgan fingerprint density at radius 3 is 2.05 bits per heavy atom. The van der Waals surface area contributed by atoms with E-state index in [1.165, 1.54) is 12.8 Å². The Morgan fingerprint density at radius 2 is 1.55 bits per heavy atom. The Morgan fingerprint density at radius 1 is 0.950 bits per heavy atom. The van der Waals surface area contributed by atoms with Gasteiger partial charge in [0, 0.05) is 5.56 Å². The van der Waals surface area contributed by atoms with E-state index in [4.69, 9.17) is 14.2 Å². The maximum absolute atomic E-state index is 11.1. The van der Waals surface area contributed by atoms with Gasteiger partial charge in [-0.25, -0.2) is 0 Å². The molecule has 1 aromatic rings. The van der Waals surface area contributed by atoms with Crippen molar-refractivity contribution in [1.29, 1.82) is 0 Å². The van der Waals surface area contributed by atoms with Crippen LogP contribution in [0.2, 0.25) is 0 Å². The Hall–Kier alpha value is -1.42. The fourth-order valence-corrected chi connectivity index (χ4v) is 3.91. The highest BCUT2D eigenvalue weighted by Crippen LogP contribution is 2.66. The number of hydrogen-bond acceptors (Lipinski definition) is 4. The lowest BCUT2D eigenvalue weighted by molar-refractivity contribution is 0.113. The van der Waals surface area contributed by atoms with E-state index >= 15 is 0 Å². The quantitative estimate of drug-likeness (QED) is 0.920. The van der Waals surface area contributed by atoms with Crippen LogP contribution in [0.5, 0.6) is 17.2 Å². The van der Waals surface area contributed by atoms with Crippen molar-refractivity contribution < 1.29 is 19.3 Å². The molecule has 2 fully saturated rings. The summed E-state index contributed by atoms with van der Waals surface area (Å²) in [6.07, 6.45) is 4.61. The molecule has 0 bridgehead atoms. The third kappa shape index (κ3) is 1.71. The van der Waals surface area contributed by atoms with Gasteiger partial charge in [0.15, 0.2) is 11.5 Å². The third-order valence-electron chi connectivity index (χ3n) is 4.92. The minimum absolute atomic E-state index is 0.364. The van der Waals surface area contributed by atoms with Crippen molar-refractivity contribution in [2.24, 2.45) is 11.8 Å². The van der Waals surface area contributed by atoms with Gasteiger partial charge in [-0.1, -0.05) is 12.8 Å². The molecule has 3 rings (SSSR count). The molecule has 110 valence electrons. The first-order valence-corrected chi connectivity index (χ1v) is 7.20. The van der Waals surface area contributed by atoms with Crippen molar-refractivity contribution in [2.45, 2.75) is 31.3 Å². The van der Waals surface area contributed by atoms with E-state index in [9.17, 15) is 5.11 Å². The van der Waals surface area contributed by atoms with E-state index in [1.54, 1.807) is 21.3 Å². The van der Waals surface area contributed by atoms with E-state index in [-0.39, 0.29) is 0 Å². The summed E-state index contributed by atoms with van der Waals surface area (Å²) in [5.74, 6) is 2.51. The molecular formula is C16H22O4. The van der Waals surface area contributed by atoms with Crippen LogP contribution in [-0.2, 0) is 5.60 Å². The van der Waals surface area contributed by atoms with Gasteiger partial charge >= 0.3 is 0 Å². The summed E-state index contributed by atoms with van der Waals surface area (Å²) in [4.78, 5) is 0. The SMILES string of the molecule is COc1ccc(C2(O)C3CCCCC32)c(OC)c1OC. The van der Waals surface area contributed by atoms with Crippen LogP contribution in [0.1, 0.15) is 31.2 Å². The van der Waals surface area contributed by atoms with Crippen LogP contribution in [0.3, 0.4) is 0 Å². The smallest absolute Gasteiger partial charge is 0.203 e. The van der Waals surface area contributed by atoms with Crippen LogP contribution < -0.4 is 14.2 Å². The second-order valence-corrected chi connectivity index (χ2v) is 5.70. The summed E-state index contributed by atoms with van der Waals surface area (Å²) in [5, 5.41) is 11.1. The molecule has 0 saturated heterocycles. The molecule has 2 unspecified atom stereocenters. The highest BCUT2D eigenvalue weighted by Gasteiger charge is 2.65. The second-order valence-electron chi connectivity index (χ2n) is 5.70. The molecule has 0 heterocycles. The molecule has 1 N–H and O–H groups in total. The number of rotatable bonds is 4. The summed E-state index contributed by atoms with van der Waals surface area (Å²) < 4.78 is 16.2. The fourth-order valence-electron chi connectivity index (χ4n) is 3.91. The number of hydrogen-bond donors (Lipinski definition) is 1. The summed E-state index contributed by atoms with van der Waals surface area (Å²) in [5.41, 5.74) is 0.0936. The average Bonchev–Trinajstić information content (AvgIpc) is 3.12. The number of benzene rings is 1. The lowest BCUT2D eigenvalue weighted by atomic mass is 10.0. The van der Waals surface area contributed by atoms with Crippen LogP contribution in [0.15, 0.2) is 12.1 Å². The lowest BCUT2D eigenvalue weighted by Gasteiger charge is -2.19. The van der Waals surface area contributed by atoms with Gasteiger partial charge in [0.25, 0.3) is 0 Å².